The maximum Gasteiger partial charge on any atom is 0.246 e. The van der Waals surface area contributed by atoms with Crippen molar-refractivity contribution in [3.63, 3.8) is 0 Å². The Morgan fingerprint density at radius 1 is 1.39 bits per heavy atom. The van der Waals surface area contributed by atoms with Crippen LogP contribution in [0.1, 0.15) is 24.3 Å². The van der Waals surface area contributed by atoms with Crippen molar-refractivity contribution in [2.24, 2.45) is 0 Å². The number of hydrogen-bond acceptors (Lipinski definition) is 6. The van der Waals surface area contributed by atoms with E-state index in [1.165, 1.54) is 0 Å². The maximum absolute atomic E-state index is 11.9. The molecule has 1 saturated heterocycles. The molecule has 1 amide bonds. The Morgan fingerprint density at radius 3 is 3.00 bits per heavy atom. The highest BCUT2D eigenvalue weighted by Gasteiger charge is 2.22. The van der Waals surface area contributed by atoms with Crippen LogP contribution in [0.15, 0.2) is 40.2 Å². The molecule has 1 aliphatic rings. The van der Waals surface area contributed by atoms with Crippen molar-refractivity contribution in [1.82, 2.24) is 15.5 Å². The molecule has 0 radical (unpaired) electrons. The van der Waals surface area contributed by atoms with Crippen LogP contribution >= 0.6 is 23.6 Å². The molecule has 3 aromatic rings. The van der Waals surface area contributed by atoms with Gasteiger partial charge in [-0.1, -0.05) is 11.2 Å². The Morgan fingerprint density at radius 2 is 2.29 bits per heavy atom. The molecule has 3 heterocycles. The lowest BCUT2D eigenvalue weighted by atomic mass is 10.1. The Labute approximate surface area is 171 Å². The van der Waals surface area contributed by atoms with Gasteiger partial charge in [-0.05, 0) is 60.8 Å². The van der Waals surface area contributed by atoms with E-state index in [0.717, 1.165) is 34.8 Å². The molecule has 1 aromatic carbocycles. The molecular formula is C19H19N5O2S2. The summed E-state index contributed by atoms with van der Waals surface area (Å²) < 4.78 is 5.25. The van der Waals surface area contributed by atoms with E-state index in [9.17, 15) is 4.79 Å². The molecule has 28 heavy (non-hydrogen) atoms. The molecule has 144 valence electrons. The maximum atomic E-state index is 11.9. The number of benzene rings is 1. The molecule has 0 saturated carbocycles. The number of thiophene rings is 1. The first-order valence-electron chi connectivity index (χ1n) is 8.92. The molecule has 4 rings (SSSR count). The monoisotopic (exact) mass is 413 g/mol. The second-order valence-corrected chi connectivity index (χ2v) is 7.80. The van der Waals surface area contributed by atoms with Gasteiger partial charge in [0.15, 0.2) is 5.11 Å². The number of aromatic nitrogens is 2. The number of amides is 1. The lowest BCUT2D eigenvalue weighted by Gasteiger charge is -2.19. The van der Waals surface area contributed by atoms with Crippen LogP contribution in [0, 0.1) is 6.92 Å². The summed E-state index contributed by atoms with van der Waals surface area (Å²) in [5.74, 6) is 1.22. The number of rotatable bonds is 5. The molecule has 9 heteroatoms. The van der Waals surface area contributed by atoms with Gasteiger partial charge in [-0.2, -0.15) is 4.98 Å². The van der Waals surface area contributed by atoms with Gasteiger partial charge < -0.3 is 20.1 Å². The zero-order valence-electron chi connectivity index (χ0n) is 15.3. The number of anilines is 2. The molecular weight excluding hydrogens is 394 g/mol. The standard InChI is InChI=1S/C19H19N5O2S2/c1-12-10-13(6-7-14(12)24-8-2-5-17(24)25)21-19(27)20-11-16-22-18(23-26-16)15-4-3-9-28-15/h3-4,6-7,9-10H,2,5,8,11H2,1H3,(H2,20,21,27). The van der Waals surface area contributed by atoms with E-state index in [0.29, 0.717) is 29.8 Å². The predicted octanol–water partition coefficient (Wildman–Crippen LogP) is 3.72. The first-order valence-corrected chi connectivity index (χ1v) is 10.2. The molecule has 1 aliphatic heterocycles. The number of thiocarbonyl (C=S) groups is 1. The van der Waals surface area contributed by atoms with E-state index in [1.807, 2.05) is 47.5 Å². The molecule has 2 N–H and O–H groups in total. The van der Waals surface area contributed by atoms with Gasteiger partial charge >= 0.3 is 0 Å². The quantitative estimate of drug-likeness (QED) is 0.617. The van der Waals surface area contributed by atoms with E-state index >= 15 is 0 Å². The average Bonchev–Trinajstić information content (AvgIpc) is 3.42. The van der Waals surface area contributed by atoms with Gasteiger partial charge in [0.05, 0.1) is 11.4 Å². The summed E-state index contributed by atoms with van der Waals surface area (Å²) in [5.41, 5.74) is 2.84. The normalized spacial score (nSPS) is 13.8. The third-order valence-electron chi connectivity index (χ3n) is 4.43. The Kier molecular flexibility index (Phi) is 5.36. The summed E-state index contributed by atoms with van der Waals surface area (Å²) in [5, 5.41) is 12.6. The van der Waals surface area contributed by atoms with Crippen molar-refractivity contribution in [3.8, 4) is 10.7 Å². The van der Waals surface area contributed by atoms with Gasteiger partial charge in [-0.15, -0.1) is 11.3 Å². The highest BCUT2D eigenvalue weighted by atomic mass is 32.1. The summed E-state index contributed by atoms with van der Waals surface area (Å²) in [7, 11) is 0. The van der Waals surface area contributed by atoms with Crippen molar-refractivity contribution in [3.05, 3.63) is 47.2 Å². The van der Waals surface area contributed by atoms with Crippen molar-refractivity contribution < 1.29 is 9.32 Å². The fraction of sp³-hybridized carbons (Fsp3) is 0.263. The van der Waals surface area contributed by atoms with Gasteiger partial charge in [0, 0.05) is 24.3 Å². The Balaban J connectivity index is 1.34. The minimum atomic E-state index is 0.183. The number of aryl methyl sites for hydroxylation is 1. The summed E-state index contributed by atoms with van der Waals surface area (Å²) in [6.07, 6.45) is 1.54. The van der Waals surface area contributed by atoms with Crippen LogP contribution < -0.4 is 15.5 Å². The first kappa shape index (κ1) is 18.6. The second-order valence-electron chi connectivity index (χ2n) is 6.45. The number of carbonyl (C=O) groups excluding carboxylic acids is 1. The highest BCUT2D eigenvalue weighted by Crippen LogP contribution is 2.27. The van der Waals surface area contributed by atoms with E-state index in [1.54, 1.807) is 11.3 Å². The number of nitrogens with zero attached hydrogens (tertiary/aromatic N) is 3. The molecule has 2 aromatic heterocycles. The molecule has 0 spiro atoms. The molecule has 0 bridgehead atoms. The molecule has 7 nitrogen and oxygen atoms in total. The van der Waals surface area contributed by atoms with Crippen molar-refractivity contribution in [1.29, 1.82) is 0 Å². The molecule has 0 atom stereocenters. The summed E-state index contributed by atoms with van der Waals surface area (Å²) >= 11 is 6.91. The summed E-state index contributed by atoms with van der Waals surface area (Å²) in [6, 6.07) is 9.75. The van der Waals surface area contributed by atoms with Crippen LogP contribution in [0.4, 0.5) is 11.4 Å². The zero-order valence-corrected chi connectivity index (χ0v) is 16.9. The van der Waals surface area contributed by atoms with E-state index < -0.39 is 0 Å². The van der Waals surface area contributed by atoms with Gasteiger partial charge in [0.2, 0.25) is 17.6 Å². The van der Waals surface area contributed by atoms with E-state index in [4.69, 9.17) is 16.7 Å². The van der Waals surface area contributed by atoms with Crippen LogP contribution in [0.5, 0.6) is 0 Å². The molecule has 0 unspecified atom stereocenters. The van der Waals surface area contributed by atoms with Crippen LogP contribution in [-0.2, 0) is 11.3 Å². The highest BCUT2D eigenvalue weighted by molar-refractivity contribution is 7.80. The summed E-state index contributed by atoms with van der Waals surface area (Å²) in [6.45, 7) is 3.11. The van der Waals surface area contributed by atoms with E-state index in [2.05, 4.69) is 20.8 Å². The van der Waals surface area contributed by atoms with E-state index in [-0.39, 0.29) is 5.91 Å². The van der Waals surface area contributed by atoms with Gasteiger partial charge in [0.1, 0.15) is 0 Å². The lowest BCUT2D eigenvalue weighted by Crippen LogP contribution is -2.28. The van der Waals surface area contributed by atoms with Crippen molar-refractivity contribution in [2.45, 2.75) is 26.3 Å². The first-order chi connectivity index (χ1) is 13.6. The smallest absolute Gasteiger partial charge is 0.246 e. The largest absolute Gasteiger partial charge is 0.353 e. The number of hydrogen-bond donors (Lipinski definition) is 2. The van der Waals surface area contributed by atoms with Crippen LogP contribution in [0.3, 0.4) is 0 Å². The van der Waals surface area contributed by atoms with Crippen LogP contribution in [-0.4, -0.2) is 27.7 Å². The SMILES string of the molecule is Cc1cc(NC(=S)NCc2nc(-c3cccs3)no2)ccc1N1CCCC1=O. The van der Waals surface area contributed by atoms with Gasteiger partial charge in [0.25, 0.3) is 0 Å². The van der Waals surface area contributed by atoms with Crippen molar-refractivity contribution in [2.75, 3.05) is 16.8 Å². The van der Waals surface area contributed by atoms with Crippen molar-refractivity contribution >= 4 is 45.9 Å². The average molecular weight is 414 g/mol. The minimum Gasteiger partial charge on any atom is -0.353 e. The third-order valence-corrected chi connectivity index (χ3v) is 5.54. The predicted molar refractivity (Wildman–Crippen MR) is 113 cm³/mol. The van der Waals surface area contributed by atoms with Gasteiger partial charge in [-0.25, -0.2) is 0 Å². The number of carbonyl (C=O) groups is 1. The Hall–Kier alpha value is -2.78. The van der Waals surface area contributed by atoms with Crippen LogP contribution in [0.25, 0.3) is 10.7 Å². The fourth-order valence-electron chi connectivity index (χ4n) is 3.10. The van der Waals surface area contributed by atoms with Gasteiger partial charge in [-0.3, -0.25) is 4.79 Å². The second kappa shape index (κ2) is 8.07. The molecule has 1 fully saturated rings. The molecule has 0 aliphatic carbocycles. The van der Waals surface area contributed by atoms with Crippen LogP contribution in [0.2, 0.25) is 0 Å². The number of nitrogens with one attached hydrogen (secondary N) is 2. The third kappa shape index (κ3) is 4.05. The fourth-order valence-corrected chi connectivity index (χ4v) is 3.94. The minimum absolute atomic E-state index is 0.183. The summed E-state index contributed by atoms with van der Waals surface area (Å²) in [4.78, 5) is 19.1. The zero-order chi connectivity index (χ0) is 19.5. The lowest BCUT2D eigenvalue weighted by molar-refractivity contribution is -0.117. The topological polar surface area (TPSA) is 83.3 Å². The Bertz CT molecular complexity index is 1000.